The Morgan fingerprint density at radius 2 is 1.52 bits per heavy atom. The van der Waals surface area contributed by atoms with Crippen LogP contribution in [0.5, 0.6) is 0 Å². The second kappa shape index (κ2) is 9.86. The summed E-state index contributed by atoms with van der Waals surface area (Å²) in [4.78, 5) is 29.4. The summed E-state index contributed by atoms with van der Waals surface area (Å²) in [5.74, 6) is 0. The van der Waals surface area contributed by atoms with E-state index in [2.05, 4.69) is 33.8 Å². The fourth-order valence-corrected chi connectivity index (χ4v) is 5.48. The van der Waals surface area contributed by atoms with Crippen LogP contribution in [0.25, 0.3) is 0 Å². The lowest BCUT2D eigenvalue weighted by molar-refractivity contribution is 0.108. The smallest absolute Gasteiger partial charge is 0.286 e. The van der Waals surface area contributed by atoms with Gasteiger partial charge in [-0.05, 0) is 73.3 Å². The molecule has 0 radical (unpaired) electrons. The number of nitrogens with zero attached hydrogens (tertiary/aromatic N) is 1. The van der Waals surface area contributed by atoms with Crippen molar-refractivity contribution in [2.45, 2.75) is 63.7 Å². The van der Waals surface area contributed by atoms with Crippen LogP contribution in [0.15, 0.2) is 46.2 Å². The molecule has 0 bridgehead atoms. The topological polar surface area (TPSA) is 37.4 Å². The molecule has 156 valence electrons. The molecule has 0 heterocycles. The Hall–Kier alpha value is -1.72. The molecule has 0 fully saturated rings. The summed E-state index contributed by atoms with van der Waals surface area (Å²) in [7, 11) is 0. The lowest BCUT2D eigenvalue weighted by atomic mass is 9.83. The van der Waals surface area contributed by atoms with Crippen LogP contribution in [0.2, 0.25) is 0 Å². The molecule has 0 aliphatic heterocycles. The fraction of sp³-hybridized carbons (Fsp3) is 0.417. The van der Waals surface area contributed by atoms with Gasteiger partial charge in [-0.3, -0.25) is 9.59 Å². The van der Waals surface area contributed by atoms with Crippen molar-refractivity contribution in [2.24, 2.45) is 0 Å². The molecular formula is C24H31NO2S2. The van der Waals surface area contributed by atoms with Gasteiger partial charge in [-0.15, -0.1) is 0 Å². The molecule has 0 unspecified atom stereocenters. The van der Waals surface area contributed by atoms with Gasteiger partial charge in [0.15, 0.2) is 0 Å². The van der Waals surface area contributed by atoms with Crippen molar-refractivity contribution in [3.63, 3.8) is 0 Å². The zero-order valence-corrected chi connectivity index (χ0v) is 20.1. The van der Waals surface area contributed by atoms with Gasteiger partial charge < -0.3 is 4.90 Å². The second-order valence-corrected chi connectivity index (χ2v) is 10.0. The molecule has 0 aliphatic carbocycles. The molecule has 2 aromatic rings. The minimum Gasteiger partial charge on any atom is -0.334 e. The van der Waals surface area contributed by atoms with Crippen LogP contribution in [0.1, 0.15) is 61.7 Å². The molecule has 0 saturated carbocycles. The molecule has 1 amide bonds. The van der Waals surface area contributed by atoms with Crippen LogP contribution in [0.3, 0.4) is 0 Å². The largest absolute Gasteiger partial charge is 0.334 e. The van der Waals surface area contributed by atoms with E-state index in [1.807, 2.05) is 56.0 Å². The van der Waals surface area contributed by atoms with E-state index in [0.29, 0.717) is 18.7 Å². The molecule has 0 N–H and O–H groups in total. The molecule has 0 aromatic heterocycles. The predicted molar refractivity (Wildman–Crippen MR) is 125 cm³/mol. The highest BCUT2D eigenvalue weighted by molar-refractivity contribution is 8.16. The van der Waals surface area contributed by atoms with Crippen LogP contribution < -0.4 is 0 Å². The maximum atomic E-state index is 12.9. The number of rotatable bonds is 5. The van der Waals surface area contributed by atoms with Crippen LogP contribution >= 0.6 is 23.5 Å². The standard InChI is InChI=1S/C24H31NO2S2/c1-8-25(9-2)23(27)29-21-17(4)19(24(5,6)7)15-16(3)20(21)28-22(26)18-13-11-10-12-14-18/h10-15H,8-9H2,1-7H3. The lowest BCUT2D eigenvalue weighted by Gasteiger charge is -2.27. The first-order chi connectivity index (χ1) is 13.6. The van der Waals surface area contributed by atoms with E-state index in [9.17, 15) is 9.59 Å². The molecule has 3 nitrogen and oxygen atoms in total. The third-order valence-electron chi connectivity index (χ3n) is 4.89. The summed E-state index contributed by atoms with van der Waals surface area (Å²) in [5, 5.41) is 0.0197. The molecule has 0 aliphatic rings. The van der Waals surface area contributed by atoms with Gasteiger partial charge in [-0.2, -0.15) is 0 Å². The third kappa shape index (κ3) is 5.67. The summed E-state index contributed by atoms with van der Waals surface area (Å²) < 4.78 is 0. The first-order valence-electron chi connectivity index (χ1n) is 9.98. The Labute approximate surface area is 183 Å². The molecule has 2 aromatic carbocycles. The molecule has 2 rings (SSSR count). The highest BCUT2D eigenvalue weighted by Gasteiger charge is 2.26. The SMILES string of the molecule is CCN(CC)C(=O)Sc1c(C)c(C(C)(C)C)cc(C)c1SC(=O)c1ccccc1. The molecule has 0 atom stereocenters. The van der Waals surface area contributed by atoms with E-state index in [1.165, 1.54) is 29.1 Å². The highest BCUT2D eigenvalue weighted by atomic mass is 32.2. The zero-order valence-electron chi connectivity index (χ0n) is 18.5. The van der Waals surface area contributed by atoms with E-state index >= 15 is 0 Å². The summed E-state index contributed by atoms with van der Waals surface area (Å²) >= 11 is 2.47. The van der Waals surface area contributed by atoms with Gasteiger partial charge >= 0.3 is 0 Å². The Bertz CT molecular complexity index is 882. The van der Waals surface area contributed by atoms with Crippen molar-refractivity contribution >= 4 is 33.9 Å². The Kier molecular flexibility index (Phi) is 8.01. The first kappa shape index (κ1) is 23.6. The molecule has 29 heavy (non-hydrogen) atoms. The number of thioether (sulfide) groups is 2. The van der Waals surface area contributed by atoms with Gasteiger partial charge in [0.05, 0.1) is 0 Å². The van der Waals surface area contributed by atoms with Gasteiger partial charge in [0.1, 0.15) is 0 Å². The quantitative estimate of drug-likeness (QED) is 0.476. The Morgan fingerprint density at radius 3 is 2.03 bits per heavy atom. The average Bonchev–Trinajstić information content (AvgIpc) is 2.67. The van der Waals surface area contributed by atoms with Crippen LogP contribution in [-0.4, -0.2) is 28.3 Å². The maximum Gasteiger partial charge on any atom is 0.286 e. The summed E-state index contributed by atoms with van der Waals surface area (Å²) in [6, 6.07) is 11.5. The summed E-state index contributed by atoms with van der Waals surface area (Å²) in [5.41, 5.74) is 3.94. The van der Waals surface area contributed by atoms with E-state index in [0.717, 1.165) is 20.9 Å². The van der Waals surface area contributed by atoms with Gasteiger partial charge in [-0.1, -0.05) is 57.2 Å². The van der Waals surface area contributed by atoms with E-state index in [1.54, 1.807) is 0 Å². The van der Waals surface area contributed by atoms with Gasteiger partial charge in [-0.25, -0.2) is 0 Å². The monoisotopic (exact) mass is 429 g/mol. The number of hydrogen-bond donors (Lipinski definition) is 0. The van der Waals surface area contributed by atoms with Crippen molar-refractivity contribution < 1.29 is 9.59 Å². The minimum absolute atomic E-state index is 0.00579. The van der Waals surface area contributed by atoms with Crippen LogP contribution in [0, 0.1) is 13.8 Å². The highest BCUT2D eigenvalue weighted by Crippen LogP contribution is 2.42. The van der Waals surface area contributed by atoms with Crippen LogP contribution in [-0.2, 0) is 5.41 Å². The Morgan fingerprint density at radius 1 is 0.931 bits per heavy atom. The molecule has 0 saturated heterocycles. The number of hydrogen-bond acceptors (Lipinski definition) is 4. The lowest BCUT2D eigenvalue weighted by Crippen LogP contribution is -2.27. The van der Waals surface area contributed by atoms with Crippen molar-refractivity contribution in [2.75, 3.05) is 13.1 Å². The van der Waals surface area contributed by atoms with Crippen LogP contribution in [0.4, 0.5) is 4.79 Å². The van der Waals surface area contributed by atoms with E-state index in [-0.39, 0.29) is 15.8 Å². The third-order valence-corrected chi connectivity index (χ3v) is 7.32. The molecular weight excluding hydrogens is 398 g/mol. The summed E-state index contributed by atoms with van der Waals surface area (Å²) in [6.45, 7) is 15.9. The Balaban J connectivity index is 2.55. The van der Waals surface area contributed by atoms with Crippen molar-refractivity contribution in [3.8, 4) is 0 Å². The zero-order chi connectivity index (χ0) is 21.8. The first-order valence-corrected chi connectivity index (χ1v) is 11.6. The number of benzene rings is 2. The number of carbonyl (C=O) groups excluding carboxylic acids is 2. The number of amides is 1. The van der Waals surface area contributed by atoms with E-state index in [4.69, 9.17) is 0 Å². The van der Waals surface area contributed by atoms with Gasteiger partial charge in [0, 0.05) is 28.4 Å². The number of aryl methyl sites for hydroxylation is 1. The van der Waals surface area contributed by atoms with Gasteiger partial charge in [0.2, 0.25) is 5.12 Å². The van der Waals surface area contributed by atoms with Crippen molar-refractivity contribution in [1.82, 2.24) is 4.90 Å². The number of carbonyl (C=O) groups is 2. The van der Waals surface area contributed by atoms with Crippen molar-refractivity contribution in [3.05, 3.63) is 58.7 Å². The second-order valence-electron chi connectivity index (χ2n) is 8.07. The normalized spacial score (nSPS) is 11.4. The maximum absolute atomic E-state index is 12.9. The molecule has 5 heteroatoms. The van der Waals surface area contributed by atoms with Gasteiger partial charge in [0.25, 0.3) is 5.24 Å². The fourth-order valence-electron chi connectivity index (χ4n) is 3.25. The van der Waals surface area contributed by atoms with E-state index < -0.39 is 0 Å². The van der Waals surface area contributed by atoms with Crippen molar-refractivity contribution in [1.29, 1.82) is 0 Å². The molecule has 0 spiro atoms. The average molecular weight is 430 g/mol. The predicted octanol–water partition coefficient (Wildman–Crippen LogP) is 7.09. The summed E-state index contributed by atoms with van der Waals surface area (Å²) in [6.07, 6.45) is 0. The minimum atomic E-state index is -0.0466.